The normalized spacial score (nSPS) is 20.5. The van der Waals surface area contributed by atoms with Crippen LogP contribution >= 0.6 is 0 Å². The van der Waals surface area contributed by atoms with Gasteiger partial charge in [0.2, 0.25) is 0 Å². The zero-order valence-corrected chi connectivity index (χ0v) is 20.1. The fourth-order valence-corrected chi connectivity index (χ4v) is 5.04. The Hall–Kier alpha value is -2.81. The van der Waals surface area contributed by atoms with Crippen LogP contribution < -0.4 is 4.74 Å². The van der Waals surface area contributed by atoms with Crippen molar-refractivity contribution >= 4 is 0 Å². The third kappa shape index (κ3) is 5.14. The molecule has 2 aliphatic heterocycles. The summed E-state index contributed by atoms with van der Waals surface area (Å²) in [5.41, 5.74) is 3.71. The van der Waals surface area contributed by atoms with Crippen molar-refractivity contribution in [1.29, 1.82) is 0 Å². The monoisotopic (exact) mass is 462 g/mol. The minimum absolute atomic E-state index is 0.0189. The Labute approximate surface area is 201 Å². The molecule has 0 spiro atoms. The highest BCUT2D eigenvalue weighted by atomic mass is 16.5. The highest BCUT2D eigenvalue weighted by molar-refractivity contribution is 5.33. The lowest BCUT2D eigenvalue weighted by atomic mass is 10.0. The summed E-state index contributed by atoms with van der Waals surface area (Å²) >= 11 is 0. The second kappa shape index (κ2) is 10.6. The molecule has 34 heavy (non-hydrogen) atoms. The lowest BCUT2D eigenvalue weighted by molar-refractivity contribution is 0.0840. The van der Waals surface area contributed by atoms with Crippen molar-refractivity contribution in [1.82, 2.24) is 30.0 Å². The van der Waals surface area contributed by atoms with E-state index in [-0.39, 0.29) is 12.1 Å². The maximum Gasteiger partial charge on any atom is 0.173 e. The van der Waals surface area contributed by atoms with E-state index in [1.54, 1.807) is 7.11 Å². The van der Waals surface area contributed by atoms with Gasteiger partial charge in [-0.2, -0.15) is 0 Å². The van der Waals surface area contributed by atoms with Gasteiger partial charge < -0.3 is 9.47 Å². The third-order valence-corrected chi connectivity index (χ3v) is 6.96. The summed E-state index contributed by atoms with van der Waals surface area (Å²) in [6, 6.07) is 17.1. The van der Waals surface area contributed by atoms with Gasteiger partial charge in [-0.1, -0.05) is 48.0 Å². The number of rotatable bonds is 8. The molecule has 0 N–H and O–H groups in total. The lowest BCUT2D eigenvalue weighted by Gasteiger charge is -2.39. The van der Waals surface area contributed by atoms with Crippen LogP contribution in [0.2, 0.25) is 0 Å². The minimum Gasteiger partial charge on any atom is -0.496 e. The second-order valence-electron chi connectivity index (χ2n) is 9.29. The predicted molar refractivity (Wildman–Crippen MR) is 130 cm³/mol. The van der Waals surface area contributed by atoms with E-state index in [2.05, 4.69) is 68.6 Å². The van der Waals surface area contributed by atoms with E-state index in [0.717, 1.165) is 63.7 Å². The fourth-order valence-electron chi connectivity index (χ4n) is 5.04. The van der Waals surface area contributed by atoms with Crippen molar-refractivity contribution in [2.45, 2.75) is 45.0 Å². The molecule has 8 heteroatoms. The van der Waals surface area contributed by atoms with E-state index in [1.165, 1.54) is 16.7 Å². The number of benzene rings is 2. The van der Waals surface area contributed by atoms with Crippen molar-refractivity contribution in [3.63, 3.8) is 0 Å². The highest BCUT2D eigenvalue weighted by Crippen LogP contribution is 2.30. The number of hydrogen-bond acceptors (Lipinski definition) is 7. The Morgan fingerprint density at radius 2 is 1.85 bits per heavy atom. The zero-order chi connectivity index (χ0) is 23.3. The van der Waals surface area contributed by atoms with Crippen LogP contribution in [0.25, 0.3) is 0 Å². The second-order valence-corrected chi connectivity index (χ2v) is 9.29. The molecule has 0 amide bonds. The van der Waals surface area contributed by atoms with E-state index >= 15 is 0 Å². The summed E-state index contributed by atoms with van der Waals surface area (Å²) in [6.07, 6.45) is 2.37. The lowest BCUT2D eigenvalue weighted by Crippen LogP contribution is -2.48. The Morgan fingerprint density at radius 3 is 2.59 bits per heavy atom. The molecule has 1 aromatic heterocycles. The van der Waals surface area contributed by atoms with Crippen molar-refractivity contribution in [2.75, 3.05) is 39.9 Å². The van der Waals surface area contributed by atoms with E-state index in [9.17, 15) is 0 Å². The Kier molecular flexibility index (Phi) is 7.18. The molecule has 2 fully saturated rings. The summed E-state index contributed by atoms with van der Waals surface area (Å²) in [7, 11) is 1.74. The maximum absolute atomic E-state index is 5.87. The topological polar surface area (TPSA) is 68.5 Å². The molecule has 2 atom stereocenters. The van der Waals surface area contributed by atoms with Crippen LogP contribution in [0.15, 0.2) is 48.5 Å². The first kappa shape index (κ1) is 23.0. The van der Waals surface area contributed by atoms with Crippen LogP contribution in [-0.2, 0) is 17.8 Å². The molecule has 8 nitrogen and oxygen atoms in total. The molecule has 2 aromatic carbocycles. The quantitative estimate of drug-likeness (QED) is 0.510. The minimum atomic E-state index is 0.0189. The average molecular weight is 463 g/mol. The molecule has 2 aliphatic rings. The predicted octanol–water partition coefficient (Wildman–Crippen LogP) is 3.08. The van der Waals surface area contributed by atoms with E-state index in [1.807, 2.05) is 16.8 Å². The highest BCUT2D eigenvalue weighted by Gasteiger charge is 2.31. The van der Waals surface area contributed by atoms with Crippen LogP contribution in [-0.4, -0.2) is 76.0 Å². The van der Waals surface area contributed by atoms with Crippen LogP contribution in [0.1, 0.15) is 41.4 Å². The number of aromatic nitrogens is 4. The molecule has 0 aliphatic carbocycles. The summed E-state index contributed by atoms with van der Waals surface area (Å²) in [5.74, 6) is 1.85. The van der Waals surface area contributed by atoms with Gasteiger partial charge in [0, 0.05) is 44.9 Å². The van der Waals surface area contributed by atoms with Crippen LogP contribution in [0, 0.1) is 6.92 Å². The number of para-hydroxylation sites is 1. The molecule has 0 saturated carbocycles. The summed E-state index contributed by atoms with van der Waals surface area (Å²) < 4.78 is 13.4. The SMILES string of the molecule is COc1ccccc1CN1CCN(C(c2ccc(C)cc2)c2nnnn2CC2CCCO2)CC1. The standard InChI is InChI=1S/C26H34N6O2/c1-20-9-11-21(12-10-20)25(26-27-28-29-32(26)19-23-7-5-17-34-23)31-15-13-30(14-16-31)18-22-6-3-4-8-24(22)33-2/h3-4,6,8-12,23,25H,5,7,13-19H2,1-2H3. The molecule has 0 radical (unpaired) electrons. The molecule has 5 rings (SSSR count). The Bertz CT molecular complexity index is 1060. The van der Waals surface area contributed by atoms with Crippen molar-refractivity contribution in [3.05, 3.63) is 71.0 Å². The number of piperazine rings is 1. The van der Waals surface area contributed by atoms with Gasteiger partial charge in [-0.25, -0.2) is 4.68 Å². The van der Waals surface area contributed by atoms with Gasteiger partial charge in [0.1, 0.15) is 5.75 Å². The van der Waals surface area contributed by atoms with Gasteiger partial charge in [-0.05, 0) is 41.8 Å². The summed E-state index contributed by atoms with van der Waals surface area (Å²) in [6.45, 7) is 8.40. The van der Waals surface area contributed by atoms with Crippen LogP contribution in [0.5, 0.6) is 5.75 Å². The van der Waals surface area contributed by atoms with Crippen LogP contribution in [0.3, 0.4) is 0 Å². The molecule has 2 saturated heterocycles. The van der Waals surface area contributed by atoms with E-state index < -0.39 is 0 Å². The van der Waals surface area contributed by atoms with Gasteiger partial charge >= 0.3 is 0 Å². The Morgan fingerprint density at radius 1 is 1.06 bits per heavy atom. The molecule has 0 bridgehead atoms. The van der Waals surface area contributed by atoms with Gasteiger partial charge in [-0.3, -0.25) is 9.80 Å². The average Bonchev–Trinajstić information content (AvgIpc) is 3.55. The molecule has 180 valence electrons. The zero-order valence-electron chi connectivity index (χ0n) is 20.1. The number of ether oxygens (including phenoxy) is 2. The molecule has 3 aromatic rings. The smallest absolute Gasteiger partial charge is 0.173 e. The van der Waals surface area contributed by atoms with Crippen molar-refractivity contribution in [2.24, 2.45) is 0 Å². The molecule has 2 unspecified atom stereocenters. The largest absolute Gasteiger partial charge is 0.496 e. The molecular weight excluding hydrogens is 428 g/mol. The van der Waals surface area contributed by atoms with Crippen molar-refractivity contribution in [3.8, 4) is 5.75 Å². The number of methoxy groups -OCH3 is 1. The third-order valence-electron chi connectivity index (χ3n) is 6.96. The summed E-state index contributed by atoms with van der Waals surface area (Å²) in [4.78, 5) is 5.01. The maximum atomic E-state index is 5.87. The first-order valence-electron chi connectivity index (χ1n) is 12.2. The molecular formula is C26H34N6O2. The number of aryl methyl sites for hydroxylation is 1. The number of tetrazole rings is 1. The van der Waals surface area contributed by atoms with Gasteiger partial charge in [0.25, 0.3) is 0 Å². The fraction of sp³-hybridized carbons (Fsp3) is 0.500. The van der Waals surface area contributed by atoms with Gasteiger partial charge in [0.05, 0.1) is 25.8 Å². The number of nitrogens with zero attached hydrogens (tertiary/aromatic N) is 6. The first-order valence-corrected chi connectivity index (χ1v) is 12.2. The van der Waals surface area contributed by atoms with E-state index in [4.69, 9.17) is 9.47 Å². The Balaban J connectivity index is 1.34. The van der Waals surface area contributed by atoms with Crippen LogP contribution in [0.4, 0.5) is 0 Å². The number of hydrogen-bond donors (Lipinski definition) is 0. The first-order chi connectivity index (χ1) is 16.7. The van der Waals surface area contributed by atoms with Crippen molar-refractivity contribution < 1.29 is 9.47 Å². The van der Waals surface area contributed by atoms with Gasteiger partial charge in [0.15, 0.2) is 5.82 Å². The van der Waals surface area contributed by atoms with Gasteiger partial charge in [-0.15, -0.1) is 5.10 Å². The van der Waals surface area contributed by atoms with E-state index in [0.29, 0.717) is 6.54 Å². The molecule has 3 heterocycles. The summed E-state index contributed by atoms with van der Waals surface area (Å²) in [5, 5.41) is 12.9.